The predicted molar refractivity (Wildman–Crippen MR) is 115 cm³/mol. The van der Waals surface area contributed by atoms with Crippen LogP contribution in [0.5, 0.6) is 0 Å². The van der Waals surface area contributed by atoms with Gasteiger partial charge in [-0.3, -0.25) is 4.79 Å². The molecule has 2 aromatic carbocycles. The van der Waals surface area contributed by atoms with Crippen molar-refractivity contribution >= 4 is 27.5 Å². The zero-order valence-electron chi connectivity index (χ0n) is 16.8. The average Bonchev–Trinajstić information content (AvgIpc) is 3.41. The Hall–Kier alpha value is -1.93. The van der Waals surface area contributed by atoms with Gasteiger partial charge in [-0.2, -0.15) is 0 Å². The van der Waals surface area contributed by atoms with E-state index in [9.17, 15) is 13.2 Å². The Morgan fingerprint density at radius 3 is 2.80 bits per heavy atom. The molecule has 0 radical (unpaired) electrons. The molecule has 0 spiro atoms. The fourth-order valence-electron chi connectivity index (χ4n) is 4.21. The Labute approximate surface area is 182 Å². The number of aryl methyl sites for hydroxylation is 1. The minimum absolute atomic E-state index is 0.0259. The third-order valence-electron chi connectivity index (χ3n) is 5.88. The Morgan fingerprint density at radius 2 is 2.03 bits per heavy atom. The Morgan fingerprint density at radius 1 is 1.23 bits per heavy atom. The maximum absolute atomic E-state index is 13.1. The van der Waals surface area contributed by atoms with Crippen LogP contribution in [0.3, 0.4) is 0 Å². The number of ether oxygens (including phenoxy) is 1. The molecule has 4 rings (SSSR count). The smallest absolute Gasteiger partial charge is 0.254 e. The van der Waals surface area contributed by atoms with Crippen molar-refractivity contribution in [2.24, 2.45) is 0 Å². The van der Waals surface area contributed by atoms with Gasteiger partial charge in [0.25, 0.3) is 5.91 Å². The average molecular weight is 449 g/mol. The van der Waals surface area contributed by atoms with Crippen LogP contribution in [0, 0.1) is 0 Å². The number of hydrogen-bond acceptors (Lipinski definition) is 4. The van der Waals surface area contributed by atoms with Crippen LogP contribution in [0.2, 0.25) is 5.02 Å². The molecule has 0 aromatic heterocycles. The molecule has 1 aliphatic carbocycles. The highest BCUT2D eigenvalue weighted by Gasteiger charge is 2.30. The molecule has 2 unspecified atom stereocenters. The quantitative estimate of drug-likeness (QED) is 0.733. The molecule has 2 aliphatic rings. The second-order valence-corrected chi connectivity index (χ2v) is 9.94. The highest BCUT2D eigenvalue weighted by atomic mass is 35.5. The van der Waals surface area contributed by atoms with Gasteiger partial charge in [-0.25, -0.2) is 13.1 Å². The first-order valence-electron chi connectivity index (χ1n) is 10.1. The number of halogens is 1. The fraction of sp³-hybridized carbons (Fsp3) is 0.409. The monoisotopic (exact) mass is 448 g/mol. The molecular weight excluding hydrogens is 424 g/mol. The van der Waals surface area contributed by atoms with E-state index in [-0.39, 0.29) is 34.5 Å². The molecule has 2 atom stereocenters. The lowest BCUT2D eigenvalue weighted by atomic mass is 10.1. The third-order valence-corrected chi connectivity index (χ3v) is 7.79. The molecule has 1 aliphatic heterocycles. The summed E-state index contributed by atoms with van der Waals surface area (Å²) in [5, 5.41) is 0.0836. The number of carbonyl (C=O) groups is 1. The summed E-state index contributed by atoms with van der Waals surface area (Å²) in [5.74, 6) is -0.232. The molecule has 2 aromatic rings. The molecule has 30 heavy (non-hydrogen) atoms. The van der Waals surface area contributed by atoms with Crippen LogP contribution in [0.25, 0.3) is 0 Å². The van der Waals surface area contributed by atoms with Crippen molar-refractivity contribution in [2.45, 2.75) is 42.7 Å². The van der Waals surface area contributed by atoms with E-state index in [4.69, 9.17) is 16.3 Å². The first-order chi connectivity index (χ1) is 14.4. The van der Waals surface area contributed by atoms with Crippen molar-refractivity contribution in [3.05, 3.63) is 64.2 Å². The number of carbonyl (C=O) groups excluding carboxylic acids is 1. The van der Waals surface area contributed by atoms with E-state index in [1.165, 1.54) is 17.7 Å². The highest BCUT2D eigenvalue weighted by Crippen LogP contribution is 2.35. The van der Waals surface area contributed by atoms with E-state index in [0.717, 1.165) is 31.2 Å². The second-order valence-electron chi connectivity index (χ2n) is 7.80. The Balaban J connectivity index is 1.54. The highest BCUT2D eigenvalue weighted by molar-refractivity contribution is 7.89. The Kier molecular flexibility index (Phi) is 6.16. The van der Waals surface area contributed by atoms with E-state index >= 15 is 0 Å². The largest absolute Gasteiger partial charge is 0.377 e. The lowest BCUT2D eigenvalue weighted by molar-refractivity contribution is 0.0730. The summed E-state index contributed by atoms with van der Waals surface area (Å²) in [6.07, 6.45) is 3.39. The van der Waals surface area contributed by atoms with Crippen molar-refractivity contribution in [3.8, 4) is 0 Å². The number of hydrogen-bond donors (Lipinski definition) is 1. The standard InChI is InChI=1S/C22H25ClN2O4S/c1-25(20-11-9-15-5-2-3-7-18(15)20)22(26)16-8-10-19(23)21(13-16)30(27,28)24-14-17-6-4-12-29-17/h2-3,5,7-8,10,13,17,20,24H,4,6,9,11-12,14H2,1H3. The molecular formula is C22H25ClN2O4S. The number of sulfonamides is 1. The SMILES string of the molecule is CN(C(=O)c1ccc(Cl)c(S(=O)(=O)NCC2CCCO2)c1)C1CCc2ccccc21. The minimum atomic E-state index is -3.86. The molecule has 1 heterocycles. The molecule has 6 nitrogen and oxygen atoms in total. The first-order valence-corrected chi connectivity index (χ1v) is 12.0. The molecule has 1 fully saturated rings. The lowest BCUT2D eigenvalue weighted by Crippen LogP contribution is -2.33. The summed E-state index contributed by atoms with van der Waals surface area (Å²) in [6.45, 7) is 0.837. The molecule has 1 saturated heterocycles. The molecule has 1 amide bonds. The molecule has 0 bridgehead atoms. The molecule has 160 valence electrons. The van der Waals surface area contributed by atoms with Crippen molar-refractivity contribution in [3.63, 3.8) is 0 Å². The van der Waals surface area contributed by atoms with E-state index in [1.54, 1.807) is 18.0 Å². The number of rotatable bonds is 6. The molecule has 0 saturated carbocycles. The van der Waals surface area contributed by atoms with Gasteiger partial charge in [0.1, 0.15) is 4.90 Å². The number of amides is 1. The lowest BCUT2D eigenvalue weighted by Gasteiger charge is -2.26. The van der Waals surface area contributed by atoms with Crippen molar-refractivity contribution < 1.29 is 17.9 Å². The second kappa shape index (κ2) is 8.67. The van der Waals surface area contributed by atoms with Crippen LogP contribution in [0.15, 0.2) is 47.4 Å². The summed E-state index contributed by atoms with van der Waals surface area (Å²) in [4.78, 5) is 14.7. The van der Waals surface area contributed by atoms with Crippen LogP contribution < -0.4 is 4.72 Å². The maximum Gasteiger partial charge on any atom is 0.254 e. The van der Waals surface area contributed by atoms with E-state index in [2.05, 4.69) is 10.8 Å². The zero-order valence-corrected chi connectivity index (χ0v) is 18.4. The third kappa shape index (κ3) is 4.25. The number of nitrogens with one attached hydrogen (secondary N) is 1. The molecule has 8 heteroatoms. The number of benzene rings is 2. The maximum atomic E-state index is 13.1. The van der Waals surface area contributed by atoms with Crippen molar-refractivity contribution in [1.29, 1.82) is 0 Å². The van der Waals surface area contributed by atoms with Gasteiger partial charge in [0.05, 0.1) is 17.2 Å². The van der Waals surface area contributed by atoms with Crippen LogP contribution in [0.1, 0.15) is 46.8 Å². The van der Waals surface area contributed by atoms with Gasteiger partial charge < -0.3 is 9.64 Å². The Bertz CT molecular complexity index is 1050. The number of nitrogens with zero attached hydrogens (tertiary/aromatic N) is 1. The summed E-state index contributed by atoms with van der Waals surface area (Å²) in [6, 6.07) is 12.5. The van der Waals surface area contributed by atoms with Gasteiger partial charge in [-0.1, -0.05) is 35.9 Å². The predicted octanol–water partition coefficient (Wildman–Crippen LogP) is 3.56. The zero-order chi connectivity index (χ0) is 21.3. The van der Waals surface area contributed by atoms with Gasteiger partial charge >= 0.3 is 0 Å². The normalized spacial score (nSPS) is 20.9. The van der Waals surface area contributed by atoms with Crippen molar-refractivity contribution in [1.82, 2.24) is 9.62 Å². The van der Waals surface area contributed by atoms with Gasteiger partial charge in [0.2, 0.25) is 10.0 Å². The summed E-state index contributed by atoms with van der Waals surface area (Å²) < 4.78 is 33.6. The van der Waals surface area contributed by atoms with Crippen molar-refractivity contribution in [2.75, 3.05) is 20.2 Å². The van der Waals surface area contributed by atoms with Crippen LogP contribution in [-0.4, -0.2) is 45.5 Å². The fourth-order valence-corrected chi connectivity index (χ4v) is 5.80. The topological polar surface area (TPSA) is 75.7 Å². The van der Waals surface area contributed by atoms with Crippen LogP contribution in [-0.2, 0) is 21.2 Å². The molecule has 1 N–H and O–H groups in total. The van der Waals surface area contributed by atoms with E-state index in [1.807, 2.05) is 18.2 Å². The number of fused-ring (bicyclic) bond motifs is 1. The van der Waals surface area contributed by atoms with Gasteiger partial charge in [0, 0.05) is 25.8 Å². The minimum Gasteiger partial charge on any atom is -0.377 e. The first kappa shape index (κ1) is 21.3. The van der Waals surface area contributed by atoms with Gasteiger partial charge in [0.15, 0.2) is 0 Å². The van der Waals surface area contributed by atoms with Gasteiger partial charge in [-0.05, 0) is 55.0 Å². The van der Waals surface area contributed by atoms with Crippen LogP contribution >= 0.6 is 11.6 Å². The van der Waals surface area contributed by atoms with Gasteiger partial charge in [-0.15, -0.1) is 0 Å². The van der Waals surface area contributed by atoms with E-state index in [0.29, 0.717) is 12.2 Å². The summed E-state index contributed by atoms with van der Waals surface area (Å²) in [5.41, 5.74) is 2.69. The van der Waals surface area contributed by atoms with Crippen LogP contribution in [0.4, 0.5) is 0 Å². The summed E-state index contributed by atoms with van der Waals surface area (Å²) in [7, 11) is -2.10. The summed E-state index contributed by atoms with van der Waals surface area (Å²) >= 11 is 6.18. The van der Waals surface area contributed by atoms with E-state index < -0.39 is 10.0 Å².